The number of tetrazole rings is 1. The number of pyridine rings is 1. The summed E-state index contributed by atoms with van der Waals surface area (Å²) >= 11 is 6.23. The number of aromatic nitrogens is 7. The third-order valence-corrected chi connectivity index (χ3v) is 6.46. The Bertz CT molecular complexity index is 1690. The Kier molecular flexibility index (Phi) is 5.53. The number of imidazole rings is 1. The molecular formula is C25H20ClN9O2. The largest absolute Gasteiger partial charge is 0.340 e. The van der Waals surface area contributed by atoms with Crippen molar-refractivity contribution in [3.8, 4) is 28.1 Å². The van der Waals surface area contributed by atoms with Gasteiger partial charge in [0.05, 0.1) is 24.1 Å². The lowest BCUT2D eigenvalue weighted by Gasteiger charge is -2.26. The SMILES string of the molecule is CN1Cc2cc(-c3cnc(Cn4ccc(-c5cc(Cl)ccc5-n5cnnn5)cc4=O)[nH]3)ccc2NC1=O. The van der Waals surface area contributed by atoms with Crippen molar-refractivity contribution in [1.82, 2.24) is 39.6 Å². The normalized spacial score (nSPS) is 12.9. The standard InChI is InChI=1S/C25H20ClN9O2/c1-33-12-17-8-16(2-4-20(17)30-25(33)37)21-11-27-23(29-21)13-34-7-6-15(9-24(34)36)19-10-18(26)3-5-22(19)35-14-28-31-32-35/h2-11,14H,12-13H2,1H3,(H,27,29)(H,30,37). The Labute approximate surface area is 215 Å². The van der Waals surface area contributed by atoms with Gasteiger partial charge >= 0.3 is 6.03 Å². The van der Waals surface area contributed by atoms with Gasteiger partial charge in [0.1, 0.15) is 12.2 Å². The summed E-state index contributed by atoms with van der Waals surface area (Å²) in [6.07, 6.45) is 4.95. The molecule has 0 unspecified atom stereocenters. The van der Waals surface area contributed by atoms with Gasteiger partial charge in [-0.1, -0.05) is 17.7 Å². The molecule has 2 amide bonds. The molecule has 0 atom stereocenters. The molecule has 11 nitrogen and oxygen atoms in total. The van der Waals surface area contributed by atoms with Gasteiger partial charge in [-0.15, -0.1) is 5.10 Å². The number of hydrogen-bond donors (Lipinski definition) is 2. The van der Waals surface area contributed by atoms with Crippen LogP contribution in [0.15, 0.2) is 72.0 Å². The Morgan fingerprint density at radius 1 is 1.05 bits per heavy atom. The summed E-state index contributed by atoms with van der Waals surface area (Å²) in [5, 5.41) is 14.7. The van der Waals surface area contributed by atoms with Crippen LogP contribution in [0.25, 0.3) is 28.1 Å². The fraction of sp³-hybridized carbons (Fsp3) is 0.120. The third-order valence-electron chi connectivity index (χ3n) is 6.22. The van der Waals surface area contributed by atoms with Gasteiger partial charge in [0, 0.05) is 47.7 Å². The van der Waals surface area contributed by atoms with Crippen LogP contribution in [0.4, 0.5) is 10.5 Å². The van der Waals surface area contributed by atoms with Crippen LogP contribution in [0.5, 0.6) is 0 Å². The summed E-state index contributed by atoms with van der Waals surface area (Å²) in [7, 11) is 1.75. The van der Waals surface area contributed by atoms with E-state index in [1.807, 2.05) is 24.3 Å². The minimum Gasteiger partial charge on any atom is -0.340 e. The van der Waals surface area contributed by atoms with Crippen LogP contribution >= 0.6 is 11.6 Å². The second kappa shape index (κ2) is 9.03. The van der Waals surface area contributed by atoms with Crippen molar-refractivity contribution in [2.45, 2.75) is 13.1 Å². The summed E-state index contributed by atoms with van der Waals surface area (Å²) in [5.74, 6) is 0.644. The number of aromatic amines is 1. The van der Waals surface area contributed by atoms with Gasteiger partial charge in [0.25, 0.3) is 5.56 Å². The van der Waals surface area contributed by atoms with E-state index in [1.165, 1.54) is 11.0 Å². The number of nitrogens with zero attached hydrogens (tertiary/aromatic N) is 7. The second-order valence-corrected chi connectivity index (χ2v) is 9.14. The number of H-pyrrole nitrogens is 1. The summed E-state index contributed by atoms with van der Waals surface area (Å²) in [6.45, 7) is 0.803. The van der Waals surface area contributed by atoms with Gasteiger partial charge in [0.15, 0.2) is 0 Å². The molecule has 0 radical (unpaired) electrons. The molecular weight excluding hydrogens is 494 g/mol. The fourth-order valence-corrected chi connectivity index (χ4v) is 4.49. The maximum Gasteiger partial charge on any atom is 0.321 e. The molecule has 0 saturated heterocycles. The predicted molar refractivity (Wildman–Crippen MR) is 137 cm³/mol. The van der Waals surface area contributed by atoms with E-state index in [0.29, 0.717) is 28.6 Å². The van der Waals surface area contributed by atoms with E-state index in [1.54, 1.807) is 53.2 Å². The number of benzene rings is 2. The number of fused-ring (bicyclic) bond motifs is 1. The maximum absolute atomic E-state index is 13.0. The zero-order chi connectivity index (χ0) is 25.5. The van der Waals surface area contributed by atoms with Crippen molar-refractivity contribution in [3.05, 3.63) is 94.0 Å². The van der Waals surface area contributed by atoms with E-state index < -0.39 is 0 Å². The molecule has 6 rings (SSSR count). The topological polar surface area (TPSA) is 127 Å². The van der Waals surface area contributed by atoms with Gasteiger partial charge in [0.2, 0.25) is 0 Å². The van der Waals surface area contributed by atoms with Crippen LogP contribution < -0.4 is 10.9 Å². The van der Waals surface area contributed by atoms with Crippen LogP contribution in [-0.2, 0) is 13.1 Å². The summed E-state index contributed by atoms with van der Waals surface area (Å²) in [5.41, 5.74) is 5.54. The molecule has 1 aliphatic rings. The average molecular weight is 514 g/mol. The number of carbonyl (C=O) groups excluding carboxylic acids is 1. The Balaban J connectivity index is 1.25. The van der Waals surface area contributed by atoms with E-state index in [9.17, 15) is 9.59 Å². The molecule has 3 aromatic heterocycles. The molecule has 0 fully saturated rings. The average Bonchev–Trinajstić information content (AvgIpc) is 3.58. The summed E-state index contributed by atoms with van der Waals surface area (Å²) < 4.78 is 3.10. The first-order valence-electron chi connectivity index (χ1n) is 11.4. The highest BCUT2D eigenvalue weighted by Gasteiger charge is 2.20. The summed E-state index contributed by atoms with van der Waals surface area (Å²) in [6, 6.07) is 14.4. The lowest BCUT2D eigenvalue weighted by Crippen LogP contribution is -2.35. The predicted octanol–water partition coefficient (Wildman–Crippen LogP) is 3.56. The van der Waals surface area contributed by atoms with Crippen LogP contribution in [0.1, 0.15) is 11.4 Å². The third kappa shape index (κ3) is 4.36. The molecule has 0 aliphatic carbocycles. The van der Waals surface area contributed by atoms with Crippen LogP contribution in [0.3, 0.4) is 0 Å². The van der Waals surface area contributed by atoms with Crippen molar-refractivity contribution in [3.63, 3.8) is 0 Å². The Morgan fingerprint density at radius 3 is 2.76 bits per heavy atom. The number of rotatable bonds is 5. The molecule has 0 bridgehead atoms. The number of amides is 2. The number of urea groups is 1. The highest BCUT2D eigenvalue weighted by molar-refractivity contribution is 6.31. The van der Waals surface area contributed by atoms with E-state index >= 15 is 0 Å². The lowest BCUT2D eigenvalue weighted by atomic mass is 10.0. The minimum atomic E-state index is -0.189. The number of hydrogen-bond acceptors (Lipinski definition) is 6. The first kappa shape index (κ1) is 22.7. The van der Waals surface area contributed by atoms with E-state index in [-0.39, 0.29) is 18.1 Å². The highest BCUT2D eigenvalue weighted by Crippen LogP contribution is 2.29. The van der Waals surface area contributed by atoms with Crippen LogP contribution in [0, 0.1) is 0 Å². The first-order chi connectivity index (χ1) is 17.9. The van der Waals surface area contributed by atoms with Crippen molar-refractivity contribution < 1.29 is 4.79 Å². The highest BCUT2D eigenvalue weighted by atomic mass is 35.5. The van der Waals surface area contributed by atoms with E-state index in [4.69, 9.17) is 11.6 Å². The number of halogens is 1. The van der Waals surface area contributed by atoms with E-state index in [2.05, 4.69) is 30.8 Å². The molecule has 2 N–H and O–H groups in total. The maximum atomic E-state index is 13.0. The molecule has 2 aromatic carbocycles. The van der Waals surface area contributed by atoms with Crippen molar-refractivity contribution in [2.24, 2.45) is 0 Å². The first-order valence-corrected chi connectivity index (χ1v) is 11.8. The molecule has 1 aliphatic heterocycles. The quantitative estimate of drug-likeness (QED) is 0.370. The summed E-state index contributed by atoms with van der Waals surface area (Å²) in [4.78, 5) is 34.2. The Hall–Kier alpha value is -4.77. The van der Waals surface area contributed by atoms with Gasteiger partial charge in [-0.3, -0.25) is 4.79 Å². The molecule has 4 heterocycles. The number of anilines is 1. The number of carbonyl (C=O) groups is 1. The molecule has 37 heavy (non-hydrogen) atoms. The minimum absolute atomic E-state index is 0.123. The second-order valence-electron chi connectivity index (χ2n) is 8.70. The molecule has 184 valence electrons. The number of nitrogens with one attached hydrogen (secondary N) is 2. The lowest BCUT2D eigenvalue weighted by molar-refractivity contribution is 0.218. The van der Waals surface area contributed by atoms with Gasteiger partial charge in [-0.2, -0.15) is 4.68 Å². The smallest absolute Gasteiger partial charge is 0.321 e. The van der Waals surface area contributed by atoms with Crippen LogP contribution in [0.2, 0.25) is 5.02 Å². The molecule has 5 aromatic rings. The zero-order valence-corrected chi connectivity index (χ0v) is 20.3. The molecule has 12 heteroatoms. The fourth-order valence-electron chi connectivity index (χ4n) is 4.32. The van der Waals surface area contributed by atoms with Gasteiger partial charge in [-0.25, -0.2) is 9.78 Å². The molecule has 0 spiro atoms. The molecule has 0 saturated carbocycles. The van der Waals surface area contributed by atoms with Crippen LogP contribution in [-0.4, -0.2) is 52.7 Å². The Morgan fingerprint density at radius 2 is 1.95 bits per heavy atom. The van der Waals surface area contributed by atoms with Crippen molar-refractivity contribution >= 4 is 23.3 Å². The van der Waals surface area contributed by atoms with Gasteiger partial charge < -0.3 is 19.8 Å². The van der Waals surface area contributed by atoms with Crippen molar-refractivity contribution in [1.29, 1.82) is 0 Å². The zero-order valence-electron chi connectivity index (χ0n) is 19.6. The van der Waals surface area contributed by atoms with Gasteiger partial charge in [-0.05, 0) is 58.0 Å². The van der Waals surface area contributed by atoms with Crippen molar-refractivity contribution in [2.75, 3.05) is 12.4 Å². The van der Waals surface area contributed by atoms with E-state index in [0.717, 1.165) is 28.1 Å². The monoisotopic (exact) mass is 513 g/mol.